The van der Waals surface area contributed by atoms with E-state index >= 15 is 0 Å². The number of halogens is 1. The van der Waals surface area contributed by atoms with Crippen molar-refractivity contribution in [3.63, 3.8) is 0 Å². The summed E-state index contributed by atoms with van der Waals surface area (Å²) in [6.45, 7) is 0.505. The Morgan fingerprint density at radius 2 is 1.88 bits per heavy atom. The van der Waals surface area contributed by atoms with Crippen molar-refractivity contribution >= 4 is 37.0 Å². The molecular weight excluding hydrogens is 390 g/mol. The van der Waals surface area contributed by atoms with Crippen LogP contribution in [0.4, 0.5) is 0 Å². The zero-order valence-corrected chi connectivity index (χ0v) is 15.2. The summed E-state index contributed by atoms with van der Waals surface area (Å²) in [5.41, 5.74) is 1.79. The van der Waals surface area contributed by atoms with Crippen molar-refractivity contribution in [1.29, 1.82) is 0 Å². The Hall–Kier alpha value is -1.70. The highest BCUT2D eigenvalue weighted by Crippen LogP contribution is 2.37. The molecule has 5 nitrogen and oxygen atoms in total. The van der Waals surface area contributed by atoms with Gasteiger partial charge in [-0.3, -0.25) is 0 Å². The average molecular weight is 406 g/mol. The number of nitrogens with zero attached hydrogens (tertiary/aromatic N) is 2. The van der Waals surface area contributed by atoms with E-state index in [1.54, 1.807) is 22.5 Å². The lowest BCUT2D eigenvalue weighted by molar-refractivity contribution is 0.385. The number of imidazole rings is 1. The van der Waals surface area contributed by atoms with Crippen molar-refractivity contribution < 1.29 is 8.42 Å². The minimum atomic E-state index is -3.58. The number of nitrogens with one attached hydrogen (secondary N) is 1. The number of rotatable bonds is 3. The molecule has 1 fully saturated rings. The summed E-state index contributed by atoms with van der Waals surface area (Å²) in [6.07, 6.45) is 1.59. The second-order valence-electron chi connectivity index (χ2n) is 5.84. The average Bonchev–Trinajstić information content (AvgIpc) is 3.21. The van der Waals surface area contributed by atoms with E-state index < -0.39 is 10.0 Å². The molecule has 124 valence electrons. The number of hydrogen-bond acceptors (Lipinski definition) is 3. The lowest BCUT2D eigenvalue weighted by Crippen LogP contribution is -2.31. The molecule has 2 heterocycles. The van der Waals surface area contributed by atoms with Crippen LogP contribution in [0.1, 0.15) is 24.7 Å². The van der Waals surface area contributed by atoms with Gasteiger partial charge in [-0.25, -0.2) is 13.4 Å². The summed E-state index contributed by atoms with van der Waals surface area (Å²) in [5, 5.41) is 0. The molecule has 0 spiro atoms. The number of fused-ring (bicyclic) bond motifs is 1. The molecule has 1 aliphatic rings. The molecule has 1 N–H and O–H groups in total. The Balaban J connectivity index is 1.76. The molecule has 2 aromatic carbocycles. The molecule has 3 aromatic rings. The summed E-state index contributed by atoms with van der Waals surface area (Å²) in [4.78, 5) is 8.18. The second-order valence-corrected chi connectivity index (χ2v) is 8.56. The molecule has 0 radical (unpaired) electrons. The van der Waals surface area contributed by atoms with Gasteiger partial charge in [-0.05, 0) is 53.0 Å². The van der Waals surface area contributed by atoms with Crippen LogP contribution in [0.5, 0.6) is 0 Å². The Labute approximate surface area is 148 Å². The van der Waals surface area contributed by atoms with Crippen LogP contribution < -0.4 is 0 Å². The number of benzene rings is 2. The van der Waals surface area contributed by atoms with Crippen molar-refractivity contribution in [3.8, 4) is 0 Å². The predicted molar refractivity (Wildman–Crippen MR) is 96.1 cm³/mol. The molecule has 24 heavy (non-hydrogen) atoms. The maximum Gasteiger partial charge on any atom is 0.244 e. The largest absolute Gasteiger partial charge is 0.341 e. The number of hydrogen-bond donors (Lipinski definition) is 1. The molecule has 0 bridgehead atoms. The van der Waals surface area contributed by atoms with Crippen LogP contribution in [0.3, 0.4) is 0 Å². The summed E-state index contributed by atoms with van der Waals surface area (Å²) in [7, 11) is -3.58. The van der Waals surface area contributed by atoms with Gasteiger partial charge in [0.1, 0.15) is 5.82 Å². The monoisotopic (exact) mass is 405 g/mol. The number of para-hydroxylation sites is 2. The SMILES string of the molecule is O=S(=O)(c1ccccc1Br)N1CCC[C@H]1c1nc2ccccc2[nH]1. The van der Waals surface area contributed by atoms with Crippen LogP contribution in [0, 0.1) is 0 Å². The molecule has 1 aromatic heterocycles. The first-order chi connectivity index (χ1) is 11.6. The Morgan fingerprint density at radius 1 is 1.12 bits per heavy atom. The molecule has 0 unspecified atom stereocenters. The van der Waals surface area contributed by atoms with Crippen molar-refractivity contribution in [2.45, 2.75) is 23.8 Å². The third-order valence-corrected chi connectivity index (χ3v) is 7.27. The van der Waals surface area contributed by atoms with E-state index in [1.165, 1.54) is 0 Å². The lowest BCUT2D eigenvalue weighted by atomic mass is 10.2. The molecular formula is C17H16BrN3O2S. The van der Waals surface area contributed by atoms with Gasteiger partial charge in [0.15, 0.2) is 0 Å². The Morgan fingerprint density at radius 3 is 2.67 bits per heavy atom. The molecule has 0 aliphatic carbocycles. The van der Waals surface area contributed by atoms with Gasteiger partial charge in [0, 0.05) is 11.0 Å². The highest BCUT2D eigenvalue weighted by Gasteiger charge is 2.38. The fraction of sp³-hybridized carbons (Fsp3) is 0.235. The van der Waals surface area contributed by atoms with Gasteiger partial charge in [-0.1, -0.05) is 24.3 Å². The van der Waals surface area contributed by atoms with Crippen molar-refractivity contribution in [2.24, 2.45) is 0 Å². The summed E-state index contributed by atoms with van der Waals surface area (Å²) < 4.78 is 28.4. The summed E-state index contributed by atoms with van der Waals surface area (Å²) >= 11 is 3.35. The molecule has 1 aliphatic heterocycles. The first-order valence-corrected chi connectivity index (χ1v) is 10.0. The minimum Gasteiger partial charge on any atom is -0.341 e. The van der Waals surface area contributed by atoms with Crippen LogP contribution >= 0.6 is 15.9 Å². The fourth-order valence-electron chi connectivity index (χ4n) is 3.21. The normalized spacial score (nSPS) is 19.1. The van der Waals surface area contributed by atoms with Gasteiger partial charge in [0.05, 0.1) is 22.0 Å². The molecule has 4 rings (SSSR count). The van der Waals surface area contributed by atoms with Gasteiger partial charge >= 0.3 is 0 Å². The quantitative estimate of drug-likeness (QED) is 0.719. The van der Waals surface area contributed by atoms with E-state index in [0.29, 0.717) is 21.7 Å². The van der Waals surface area contributed by atoms with Crippen LogP contribution in [0.2, 0.25) is 0 Å². The van der Waals surface area contributed by atoms with Crippen LogP contribution in [-0.2, 0) is 10.0 Å². The van der Waals surface area contributed by atoms with Crippen LogP contribution in [0.25, 0.3) is 11.0 Å². The van der Waals surface area contributed by atoms with Crippen molar-refractivity contribution in [1.82, 2.24) is 14.3 Å². The smallest absolute Gasteiger partial charge is 0.244 e. The number of H-pyrrole nitrogens is 1. The highest BCUT2D eigenvalue weighted by atomic mass is 79.9. The van der Waals surface area contributed by atoms with E-state index in [0.717, 1.165) is 23.9 Å². The van der Waals surface area contributed by atoms with Gasteiger partial charge in [-0.15, -0.1) is 0 Å². The van der Waals surface area contributed by atoms with E-state index in [9.17, 15) is 8.42 Å². The van der Waals surface area contributed by atoms with E-state index in [4.69, 9.17) is 0 Å². The van der Waals surface area contributed by atoms with Gasteiger partial charge in [0.2, 0.25) is 10.0 Å². The van der Waals surface area contributed by atoms with Gasteiger partial charge in [0.25, 0.3) is 0 Å². The highest BCUT2D eigenvalue weighted by molar-refractivity contribution is 9.10. The molecule has 0 saturated carbocycles. The molecule has 1 saturated heterocycles. The number of sulfonamides is 1. The maximum absolute atomic E-state index is 13.1. The van der Waals surface area contributed by atoms with E-state index in [-0.39, 0.29) is 6.04 Å². The fourth-order valence-corrected chi connectivity index (χ4v) is 5.84. The zero-order chi connectivity index (χ0) is 16.7. The topological polar surface area (TPSA) is 66.1 Å². The van der Waals surface area contributed by atoms with Crippen molar-refractivity contribution in [3.05, 3.63) is 58.8 Å². The zero-order valence-electron chi connectivity index (χ0n) is 12.8. The Kier molecular flexibility index (Phi) is 3.94. The summed E-state index contributed by atoms with van der Waals surface area (Å²) in [6, 6.07) is 14.4. The first-order valence-electron chi connectivity index (χ1n) is 7.78. The standard InChI is InChI=1S/C17H16BrN3O2S/c18-12-6-1-4-10-16(12)24(22,23)21-11-5-9-15(21)17-19-13-7-2-3-8-14(13)20-17/h1-4,6-8,10,15H,5,9,11H2,(H,19,20)/t15-/m0/s1. The Bertz CT molecular complexity index is 967. The van der Waals surface area contributed by atoms with E-state index in [1.807, 2.05) is 30.3 Å². The van der Waals surface area contributed by atoms with Crippen molar-refractivity contribution in [2.75, 3.05) is 6.54 Å². The maximum atomic E-state index is 13.1. The first kappa shape index (κ1) is 15.8. The van der Waals surface area contributed by atoms with Gasteiger partial charge < -0.3 is 4.98 Å². The number of aromatic nitrogens is 2. The lowest BCUT2D eigenvalue weighted by Gasteiger charge is -2.23. The van der Waals surface area contributed by atoms with Gasteiger partial charge in [-0.2, -0.15) is 4.31 Å². The molecule has 0 amide bonds. The third-order valence-electron chi connectivity index (χ3n) is 4.35. The number of aromatic amines is 1. The molecule has 7 heteroatoms. The van der Waals surface area contributed by atoms with E-state index in [2.05, 4.69) is 25.9 Å². The van der Waals surface area contributed by atoms with Crippen LogP contribution in [-0.4, -0.2) is 29.2 Å². The minimum absolute atomic E-state index is 0.255. The predicted octanol–water partition coefficient (Wildman–Crippen LogP) is 3.85. The molecule has 1 atom stereocenters. The second kappa shape index (κ2) is 5.98. The summed E-state index contributed by atoms with van der Waals surface area (Å²) in [5.74, 6) is 0.712. The third kappa shape index (κ3) is 2.56. The van der Waals surface area contributed by atoms with Crippen LogP contribution in [0.15, 0.2) is 57.9 Å².